The van der Waals surface area contributed by atoms with E-state index in [0.717, 1.165) is 11.1 Å². The zero-order valence-electron chi connectivity index (χ0n) is 16.4. The minimum atomic E-state index is -0.497. The maximum Gasteiger partial charge on any atom is 0.266 e. The molecule has 0 atom stereocenters. The highest BCUT2D eigenvalue weighted by molar-refractivity contribution is 6.32. The monoisotopic (exact) mass is 398 g/mol. The fraction of sp³-hybridized carbons (Fsp3) is 0.273. The van der Waals surface area contributed by atoms with E-state index in [4.69, 9.17) is 21.1 Å². The van der Waals surface area contributed by atoms with Crippen LogP contribution in [0.25, 0.3) is 6.08 Å². The normalized spacial score (nSPS) is 10.9. The van der Waals surface area contributed by atoms with Gasteiger partial charge in [0.2, 0.25) is 0 Å². The molecule has 0 spiro atoms. The lowest BCUT2D eigenvalue weighted by Gasteiger charge is -2.13. The molecule has 1 N–H and O–H groups in total. The second kappa shape index (κ2) is 9.82. The molecule has 0 aliphatic carbocycles. The predicted octanol–water partition coefficient (Wildman–Crippen LogP) is 5.30. The Morgan fingerprint density at radius 1 is 1.18 bits per heavy atom. The molecule has 0 aliphatic rings. The third kappa shape index (κ3) is 5.05. The molecular formula is C22H23ClN2O3. The van der Waals surface area contributed by atoms with Gasteiger partial charge in [-0.3, -0.25) is 4.79 Å². The van der Waals surface area contributed by atoms with Gasteiger partial charge >= 0.3 is 0 Å². The molecule has 0 radical (unpaired) electrons. The molecule has 28 heavy (non-hydrogen) atoms. The summed E-state index contributed by atoms with van der Waals surface area (Å²) in [7, 11) is 0. The number of nitrogens with zero attached hydrogens (tertiary/aromatic N) is 1. The summed E-state index contributed by atoms with van der Waals surface area (Å²) in [5, 5.41) is 12.7. The van der Waals surface area contributed by atoms with Gasteiger partial charge in [-0.25, -0.2) is 0 Å². The number of rotatable bonds is 7. The number of ether oxygens (including phenoxy) is 2. The van der Waals surface area contributed by atoms with Crippen LogP contribution in [0.1, 0.15) is 30.5 Å². The van der Waals surface area contributed by atoms with Crippen LogP contribution >= 0.6 is 11.6 Å². The Bertz CT molecular complexity index is 946. The third-order valence-electron chi connectivity index (χ3n) is 4.18. The third-order valence-corrected chi connectivity index (χ3v) is 4.48. The Hall–Kier alpha value is -2.97. The van der Waals surface area contributed by atoms with Gasteiger partial charge in [0.25, 0.3) is 5.91 Å². The number of halogens is 1. The lowest BCUT2D eigenvalue weighted by molar-refractivity contribution is -0.112. The van der Waals surface area contributed by atoms with Crippen LogP contribution in [0, 0.1) is 25.2 Å². The topological polar surface area (TPSA) is 71.3 Å². The van der Waals surface area contributed by atoms with Crippen molar-refractivity contribution in [3.8, 4) is 17.6 Å². The molecule has 2 aromatic rings. The number of hydrogen-bond donors (Lipinski definition) is 1. The number of carbonyl (C=O) groups excluding carboxylic acids is 1. The highest BCUT2D eigenvalue weighted by Crippen LogP contribution is 2.34. The number of aryl methyl sites for hydroxylation is 1. The molecule has 5 nitrogen and oxygen atoms in total. The van der Waals surface area contributed by atoms with Crippen molar-refractivity contribution in [3.05, 3.63) is 57.6 Å². The van der Waals surface area contributed by atoms with E-state index >= 15 is 0 Å². The van der Waals surface area contributed by atoms with Crippen molar-refractivity contribution >= 4 is 29.3 Å². The zero-order valence-corrected chi connectivity index (χ0v) is 17.2. The molecule has 0 aromatic heterocycles. The average Bonchev–Trinajstić information content (AvgIpc) is 2.66. The first-order valence-electron chi connectivity index (χ1n) is 8.99. The number of anilines is 1. The average molecular weight is 399 g/mol. The van der Waals surface area contributed by atoms with E-state index in [1.165, 1.54) is 6.08 Å². The molecular weight excluding hydrogens is 376 g/mol. The van der Waals surface area contributed by atoms with Crippen molar-refractivity contribution in [2.75, 3.05) is 18.5 Å². The van der Waals surface area contributed by atoms with E-state index in [1.54, 1.807) is 18.2 Å². The van der Waals surface area contributed by atoms with Gasteiger partial charge < -0.3 is 14.8 Å². The number of nitriles is 1. The van der Waals surface area contributed by atoms with Crippen molar-refractivity contribution in [2.24, 2.45) is 0 Å². The lowest BCUT2D eigenvalue weighted by atomic mass is 10.1. The van der Waals surface area contributed by atoms with E-state index < -0.39 is 5.91 Å². The molecule has 0 bridgehead atoms. The van der Waals surface area contributed by atoms with Crippen LogP contribution in [0.15, 0.2) is 35.9 Å². The van der Waals surface area contributed by atoms with Gasteiger partial charge in [-0.1, -0.05) is 23.7 Å². The van der Waals surface area contributed by atoms with Crippen LogP contribution in [0.2, 0.25) is 5.02 Å². The summed E-state index contributed by atoms with van der Waals surface area (Å²) in [6.45, 7) is 8.46. The van der Waals surface area contributed by atoms with Crippen LogP contribution in [0.3, 0.4) is 0 Å². The fourth-order valence-corrected chi connectivity index (χ4v) is 2.82. The van der Waals surface area contributed by atoms with Crippen LogP contribution < -0.4 is 14.8 Å². The van der Waals surface area contributed by atoms with Crippen LogP contribution in [-0.2, 0) is 4.79 Å². The first kappa shape index (κ1) is 21.3. The maximum atomic E-state index is 12.6. The smallest absolute Gasteiger partial charge is 0.266 e. The standard InChI is InChI=1S/C22H23ClN2O3/c1-5-27-20-12-21(28-6-2)18(23)11-16(20)10-17(13-24)22(26)25-19-9-7-8-14(3)15(19)4/h7-12H,5-6H2,1-4H3,(H,25,26)/b17-10+. The summed E-state index contributed by atoms with van der Waals surface area (Å²) < 4.78 is 11.1. The van der Waals surface area contributed by atoms with Gasteiger partial charge in [-0.15, -0.1) is 0 Å². The Morgan fingerprint density at radius 2 is 1.86 bits per heavy atom. The van der Waals surface area contributed by atoms with Gasteiger partial charge in [-0.2, -0.15) is 5.26 Å². The van der Waals surface area contributed by atoms with Crippen LogP contribution in [0.5, 0.6) is 11.5 Å². The molecule has 0 aliphatic heterocycles. The highest BCUT2D eigenvalue weighted by atomic mass is 35.5. The van der Waals surface area contributed by atoms with E-state index in [-0.39, 0.29) is 5.57 Å². The Labute approximate surface area is 170 Å². The summed E-state index contributed by atoms with van der Waals surface area (Å²) in [5.41, 5.74) is 3.15. The highest BCUT2D eigenvalue weighted by Gasteiger charge is 2.15. The summed E-state index contributed by atoms with van der Waals surface area (Å²) in [6, 6.07) is 10.9. The zero-order chi connectivity index (χ0) is 20.7. The summed E-state index contributed by atoms with van der Waals surface area (Å²) >= 11 is 6.26. The van der Waals surface area contributed by atoms with Crippen molar-refractivity contribution in [1.29, 1.82) is 5.26 Å². The van der Waals surface area contributed by atoms with E-state index in [2.05, 4.69) is 5.32 Å². The van der Waals surface area contributed by atoms with Gasteiger partial charge in [0.05, 0.1) is 18.2 Å². The number of hydrogen-bond acceptors (Lipinski definition) is 4. The Kier molecular flexibility index (Phi) is 7.48. The number of nitrogens with one attached hydrogen (secondary N) is 1. The molecule has 2 aromatic carbocycles. The van der Waals surface area contributed by atoms with Gasteiger partial charge in [0.1, 0.15) is 23.1 Å². The van der Waals surface area contributed by atoms with Crippen molar-refractivity contribution < 1.29 is 14.3 Å². The quantitative estimate of drug-likeness (QED) is 0.507. The molecule has 0 fully saturated rings. The molecule has 1 amide bonds. The number of amides is 1. The molecule has 0 unspecified atom stereocenters. The molecule has 146 valence electrons. The predicted molar refractivity (Wildman–Crippen MR) is 112 cm³/mol. The first-order valence-corrected chi connectivity index (χ1v) is 9.37. The van der Waals surface area contributed by atoms with Gasteiger partial charge in [0, 0.05) is 17.3 Å². The maximum absolute atomic E-state index is 12.6. The SMILES string of the molecule is CCOc1cc(OCC)c(/C=C(\C#N)C(=O)Nc2cccc(C)c2C)cc1Cl. The number of carbonyl (C=O) groups is 1. The summed E-state index contributed by atoms with van der Waals surface area (Å²) in [5.74, 6) is 0.481. The molecule has 0 saturated heterocycles. The summed E-state index contributed by atoms with van der Waals surface area (Å²) in [4.78, 5) is 12.6. The van der Waals surface area contributed by atoms with Gasteiger partial charge in [-0.05, 0) is 57.0 Å². The Balaban J connectivity index is 2.40. The van der Waals surface area contributed by atoms with Crippen molar-refractivity contribution in [1.82, 2.24) is 0 Å². The second-order valence-electron chi connectivity index (χ2n) is 6.06. The number of benzene rings is 2. The molecule has 0 heterocycles. The van der Waals surface area contributed by atoms with Gasteiger partial charge in [0.15, 0.2) is 0 Å². The minimum absolute atomic E-state index is 0.0536. The van der Waals surface area contributed by atoms with Crippen molar-refractivity contribution in [2.45, 2.75) is 27.7 Å². The molecule has 2 rings (SSSR count). The molecule has 6 heteroatoms. The fourth-order valence-electron chi connectivity index (χ4n) is 2.59. The van der Waals surface area contributed by atoms with E-state index in [1.807, 2.05) is 45.9 Å². The van der Waals surface area contributed by atoms with E-state index in [0.29, 0.717) is 41.0 Å². The molecule has 0 saturated carbocycles. The Morgan fingerprint density at radius 3 is 2.50 bits per heavy atom. The second-order valence-corrected chi connectivity index (χ2v) is 6.47. The minimum Gasteiger partial charge on any atom is -0.493 e. The summed E-state index contributed by atoms with van der Waals surface area (Å²) in [6.07, 6.45) is 1.47. The van der Waals surface area contributed by atoms with E-state index in [9.17, 15) is 10.1 Å². The van der Waals surface area contributed by atoms with Crippen LogP contribution in [0.4, 0.5) is 5.69 Å². The van der Waals surface area contributed by atoms with Crippen molar-refractivity contribution in [3.63, 3.8) is 0 Å². The first-order chi connectivity index (χ1) is 13.4. The van der Waals surface area contributed by atoms with Crippen LogP contribution in [-0.4, -0.2) is 19.1 Å². The largest absolute Gasteiger partial charge is 0.493 e. The lowest BCUT2D eigenvalue weighted by Crippen LogP contribution is -2.14.